The molecule has 1 atom stereocenters. The van der Waals surface area contributed by atoms with Crippen molar-refractivity contribution in [2.45, 2.75) is 18.9 Å². The fourth-order valence-corrected chi connectivity index (χ4v) is 3.34. The van der Waals surface area contributed by atoms with E-state index in [0.29, 0.717) is 28.1 Å². The van der Waals surface area contributed by atoms with Gasteiger partial charge in [-0.2, -0.15) is 0 Å². The molecule has 0 saturated heterocycles. The van der Waals surface area contributed by atoms with Crippen LogP contribution in [-0.4, -0.2) is 6.61 Å². The molecule has 0 radical (unpaired) electrons. The Morgan fingerprint density at radius 2 is 1.90 bits per heavy atom. The molecule has 0 spiro atoms. The van der Waals surface area contributed by atoms with Crippen molar-refractivity contribution in [1.29, 1.82) is 0 Å². The maximum absolute atomic E-state index is 6.30. The summed E-state index contributed by atoms with van der Waals surface area (Å²) < 4.78 is 5.70. The third kappa shape index (κ3) is 3.14. The van der Waals surface area contributed by atoms with E-state index < -0.39 is 0 Å². The Bertz CT molecular complexity index is 687. The van der Waals surface area contributed by atoms with Gasteiger partial charge in [0, 0.05) is 27.5 Å². The number of hydrogen-bond acceptors (Lipinski definition) is 2. The molecule has 21 heavy (non-hydrogen) atoms. The number of halogens is 3. The Hall–Kier alpha value is -0.930. The van der Waals surface area contributed by atoms with Crippen LogP contribution in [0.15, 0.2) is 30.3 Å². The number of ether oxygens (including phenoxy) is 1. The molecule has 110 valence electrons. The SMILES string of the molecule is NC(Cc1cc(Cl)cc2c1OCC2)c1cc(Cl)ccc1Cl. The van der Waals surface area contributed by atoms with E-state index in [9.17, 15) is 0 Å². The summed E-state index contributed by atoms with van der Waals surface area (Å²) in [6.07, 6.45) is 1.49. The summed E-state index contributed by atoms with van der Waals surface area (Å²) in [5, 5.41) is 1.95. The third-order valence-corrected chi connectivity index (χ3v) is 4.42. The predicted octanol–water partition coefficient (Wildman–Crippen LogP) is 4.82. The average Bonchev–Trinajstić information content (AvgIpc) is 2.89. The molecular formula is C16H14Cl3NO. The van der Waals surface area contributed by atoms with E-state index in [4.69, 9.17) is 45.3 Å². The highest BCUT2D eigenvalue weighted by atomic mass is 35.5. The van der Waals surface area contributed by atoms with E-state index in [1.165, 1.54) is 0 Å². The van der Waals surface area contributed by atoms with Crippen molar-refractivity contribution in [3.8, 4) is 5.75 Å². The first-order valence-corrected chi connectivity index (χ1v) is 7.82. The Balaban J connectivity index is 1.92. The van der Waals surface area contributed by atoms with Crippen LogP contribution in [0.3, 0.4) is 0 Å². The minimum absolute atomic E-state index is 0.261. The standard InChI is InChI=1S/C16H14Cl3NO/c17-11-1-2-14(19)13(8-11)15(20)7-10-6-12(18)5-9-3-4-21-16(9)10/h1-2,5-6,8,15H,3-4,7,20H2. The van der Waals surface area contributed by atoms with Gasteiger partial charge in [-0.05, 0) is 53.4 Å². The Morgan fingerprint density at radius 1 is 1.10 bits per heavy atom. The van der Waals surface area contributed by atoms with Gasteiger partial charge in [0.15, 0.2) is 0 Å². The topological polar surface area (TPSA) is 35.2 Å². The lowest BCUT2D eigenvalue weighted by Crippen LogP contribution is -2.14. The van der Waals surface area contributed by atoms with Crippen molar-refractivity contribution in [2.75, 3.05) is 6.61 Å². The molecule has 0 aliphatic carbocycles. The molecule has 1 aliphatic heterocycles. The van der Waals surface area contributed by atoms with Crippen LogP contribution in [-0.2, 0) is 12.8 Å². The number of benzene rings is 2. The van der Waals surface area contributed by atoms with E-state index in [2.05, 4.69) is 0 Å². The maximum Gasteiger partial charge on any atom is 0.125 e. The zero-order valence-corrected chi connectivity index (χ0v) is 13.5. The van der Waals surface area contributed by atoms with Crippen LogP contribution in [0.1, 0.15) is 22.7 Å². The van der Waals surface area contributed by atoms with Crippen LogP contribution in [0.4, 0.5) is 0 Å². The fourth-order valence-electron chi connectivity index (χ4n) is 2.64. The first-order chi connectivity index (χ1) is 10.0. The molecule has 0 aromatic heterocycles. The molecule has 1 heterocycles. The normalized spacial score (nSPS) is 14.7. The summed E-state index contributed by atoms with van der Waals surface area (Å²) in [4.78, 5) is 0. The van der Waals surface area contributed by atoms with Crippen LogP contribution in [0, 0.1) is 0 Å². The van der Waals surface area contributed by atoms with E-state index in [-0.39, 0.29) is 6.04 Å². The van der Waals surface area contributed by atoms with E-state index in [0.717, 1.165) is 28.9 Å². The van der Waals surface area contributed by atoms with E-state index in [1.54, 1.807) is 18.2 Å². The number of rotatable bonds is 3. The van der Waals surface area contributed by atoms with E-state index in [1.807, 2.05) is 12.1 Å². The van der Waals surface area contributed by atoms with Gasteiger partial charge in [-0.25, -0.2) is 0 Å². The number of nitrogens with two attached hydrogens (primary N) is 1. The second-order valence-corrected chi connectivity index (χ2v) is 6.41. The number of hydrogen-bond donors (Lipinski definition) is 1. The largest absolute Gasteiger partial charge is 0.493 e. The third-order valence-electron chi connectivity index (χ3n) is 3.62. The Kier molecular flexibility index (Phi) is 4.32. The minimum atomic E-state index is -0.261. The summed E-state index contributed by atoms with van der Waals surface area (Å²) in [7, 11) is 0. The Morgan fingerprint density at radius 3 is 2.71 bits per heavy atom. The van der Waals surface area contributed by atoms with Crippen LogP contribution < -0.4 is 10.5 Å². The Labute approximate surface area is 138 Å². The van der Waals surface area contributed by atoms with Crippen LogP contribution in [0.2, 0.25) is 15.1 Å². The van der Waals surface area contributed by atoms with Crippen molar-refractivity contribution in [3.05, 3.63) is 62.1 Å². The second kappa shape index (κ2) is 6.05. The molecule has 0 amide bonds. The highest BCUT2D eigenvalue weighted by Gasteiger charge is 2.20. The summed E-state index contributed by atoms with van der Waals surface area (Å²) in [5.74, 6) is 0.910. The quantitative estimate of drug-likeness (QED) is 0.867. The molecule has 3 rings (SSSR count). The molecule has 0 bridgehead atoms. The molecule has 2 aromatic rings. The molecule has 5 heteroatoms. The van der Waals surface area contributed by atoms with Gasteiger partial charge in [0.05, 0.1) is 6.61 Å². The summed E-state index contributed by atoms with van der Waals surface area (Å²) in [6, 6.07) is 8.91. The van der Waals surface area contributed by atoms with Gasteiger partial charge >= 0.3 is 0 Å². The summed E-state index contributed by atoms with van der Waals surface area (Å²) in [5.41, 5.74) is 9.28. The smallest absolute Gasteiger partial charge is 0.125 e. The second-order valence-electron chi connectivity index (χ2n) is 5.13. The van der Waals surface area contributed by atoms with Gasteiger partial charge in [0.2, 0.25) is 0 Å². The summed E-state index contributed by atoms with van der Waals surface area (Å²) in [6.45, 7) is 0.690. The van der Waals surface area contributed by atoms with Gasteiger partial charge in [-0.3, -0.25) is 0 Å². The number of fused-ring (bicyclic) bond motifs is 1. The molecule has 0 saturated carbocycles. The van der Waals surface area contributed by atoms with Crippen LogP contribution in [0.25, 0.3) is 0 Å². The predicted molar refractivity (Wildman–Crippen MR) is 87.7 cm³/mol. The lowest BCUT2D eigenvalue weighted by molar-refractivity contribution is 0.352. The zero-order chi connectivity index (χ0) is 15.0. The lowest BCUT2D eigenvalue weighted by Gasteiger charge is -2.16. The van der Waals surface area contributed by atoms with Gasteiger partial charge in [-0.1, -0.05) is 34.8 Å². The van der Waals surface area contributed by atoms with Crippen LogP contribution >= 0.6 is 34.8 Å². The molecule has 2 nitrogen and oxygen atoms in total. The molecule has 2 aromatic carbocycles. The first kappa shape index (κ1) is 15.0. The summed E-state index contributed by atoms with van der Waals surface area (Å²) >= 11 is 18.4. The fraction of sp³-hybridized carbons (Fsp3) is 0.250. The van der Waals surface area contributed by atoms with E-state index >= 15 is 0 Å². The van der Waals surface area contributed by atoms with Crippen molar-refractivity contribution < 1.29 is 4.74 Å². The zero-order valence-electron chi connectivity index (χ0n) is 11.2. The van der Waals surface area contributed by atoms with Crippen molar-refractivity contribution in [3.63, 3.8) is 0 Å². The molecule has 0 fully saturated rings. The highest BCUT2D eigenvalue weighted by molar-refractivity contribution is 6.33. The molecule has 1 unspecified atom stereocenters. The van der Waals surface area contributed by atoms with Crippen molar-refractivity contribution >= 4 is 34.8 Å². The lowest BCUT2D eigenvalue weighted by atomic mass is 9.97. The first-order valence-electron chi connectivity index (χ1n) is 6.69. The van der Waals surface area contributed by atoms with Gasteiger partial charge < -0.3 is 10.5 Å². The van der Waals surface area contributed by atoms with Crippen molar-refractivity contribution in [1.82, 2.24) is 0 Å². The van der Waals surface area contributed by atoms with Crippen LogP contribution in [0.5, 0.6) is 5.75 Å². The van der Waals surface area contributed by atoms with Gasteiger partial charge in [-0.15, -0.1) is 0 Å². The highest BCUT2D eigenvalue weighted by Crippen LogP contribution is 2.36. The maximum atomic E-state index is 6.30. The molecule has 1 aliphatic rings. The molecular weight excluding hydrogens is 329 g/mol. The van der Waals surface area contributed by atoms with Gasteiger partial charge in [0.1, 0.15) is 5.75 Å². The average molecular weight is 343 g/mol. The minimum Gasteiger partial charge on any atom is -0.493 e. The monoisotopic (exact) mass is 341 g/mol. The van der Waals surface area contributed by atoms with Crippen molar-refractivity contribution in [2.24, 2.45) is 5.73 Å². The van der Waals surface area contributed by atoms with Gasteiger partial charge in [0.25, 0.3) is 0 Å². The molecule has 2 N–H and O–H groups in total.